The average Bonchev–Trinajstić information content (AvgIpc) is 2.37. The Bertz CT molecular complexity index is 279. The molecule has 0 saturated heterocycles. The van der Waals surface area contributed by atoms with E-state index < -0.39 is 0 Å². The molecular formula is C14H20O3. The standard InChI is InChI=1S/C7H8O.C6H10O.CH2O/c1-6-4-2-3-5-7(6)8;1-3-5-7-6-4-2;1-2/h2-5,8H,1H3;3-4H,1-2,5-6H2;1H2. The summed E-state index contributed by atoms with van der Waals surface area (Å²) in [7, 11) is 0. The Hall–Kier alpha value is -1.87. The fraction of sp³-hybridized carbons (Fsp3) is 0.214. The zero-order chi connectivity index (χ0) is 13.5. The molecule has 0 atom stereocenters. The number of aryl methyl sites for hydroxylation is 1. The molecule has 94 valence electrons. The van der Waals surface area contributed by atoms with E-state index in [4.69, 9.17) is 14.6 Å². The fourth-order valence-corrected chi connectivity index (χ4v) is 0.798. The van der Waals surface area contributed by atoms with Gasteiger partial charge in [-0.05, 0) is 18.6 Å². The Morgan fingerprint density at radius 2 is 1.65 bits per heavy atom. The molecule has 0 unspecified atom stereocenters. The van der Waals surface area contributed by atoms with E-state index in [-0.39, 0.29) is 0 Å². The second-order valence-corrected chi connectivity index (χ2v) is 2.90. The molecule has 0 aliphatic carbocycles. The van der Waals surface area contributed by atoms with E-state index in [2.05, 4.69) is 13.2 Å². The van der Waals surface area contributed by atoms with Crippen LogP contribution in [0, 0.1) is 6.92 Å². The molecule has 0 saturated carbocycles. The number of ether oxygens (including phenoxy) is 1. The maximum atomic E-state index is 8.92. The summed E-state index contributed by atoms with van der Waals surface area (Å²) in [5.41, 5.74) is 0.924. The van der Waals surface area contributed by atoms with E-state index in [0.717, 1.165) is 5.56 Å². The molecule has 0 aliphatic rings. The van der Waals surface area contributed by atoms with E-state index in [1.165, 1.54) is 0 Å². The van der Waals surface area contributed by atoms with Gasteiger partial charge in [0.2, 0.25) is 0 Å². The van der Waals surface area contributed by atoms with Crippen molar-refractivity contribution >= 4 is 6.79 Å². The van der Waals surface area contributed by atoms with Gasteiger partial charge in [0.05, 0.1) is 13.2 Å². The zero-order valence-corrected chi connectivity index (χ0v) is 10.3. The predicted molar refractivity (Wildman–Crippen MR) is 71.2 cm³/mol. The number of carbonyl (C=O) groups is 1. The first kappa shape index (κ1) is 17.5. The Morgan fingerprint density at radius 1 is 1.18 bits per heavy atom. The third-order valence-corrected chi connectivity index (χ3v) is 1.59. The Morgan fingerprint density at radius 3 is 1.94 bits per heavy atom. The largest absolute Gasteiger partial charge is 0.508 e. The van der Waals surface area contributed by atoms with E-state index in [9.17, 15) is 0 Å². The molecule has 0 heterocycles. The van der Waals surface area contributed by atoms with Gasteiger partial charge in [-0.15, -0.1) is 13.2 Å². The molecule has 0 aliphatic heterocycles. The van der Waals surface area contributed by atoms with Crippen LogP contribution in [0.1, 0.15) is 5.56 Å². The lowest BCUT2D eigenvalue weighted by atomic mass is 10.2. The summed E-state index contributed by atoms with van der Waals surface area (Å²) < 4.78 is 4.90. The van der Waals surface area contributed by atoms with E-state index in [0.29, 0.717) is 19.0 Å². The van der Waals surface area contributed by atoms with Crippen molar-refractivity contribution in [3.63, 3.8) is 0 Å². The highest BCUT2D eigenvalue weighted by Crippen LogP contribution is 2.12. The van der Waals surface area contributed by atoms with Crippen LogP contribution in [-0.4, -0.2) is 25.1 Å². The predicted octanol–water partition coefficient (Wildman–Crippen LogP) is 2.89. The summed E-state index contributed by atoms with van der Waals surface area (Å²) in [6.45, 7) is 12.1. The van der Waals surface area contributed by atoms with Crippen molar-refractivity contribution in [1.29, 1.82) is 0 Å². The highest BCUT2D eigenvalue weighted by atomic mass is 16.5. The lowest BCUT2D eigenvalue weighted by Gasteiger charge is -1.92. The lowest BCUT2D eigenvalue weighted by molar-refractivity contribution is -0.0979. The highest BCUT2D eigenvalue weighted by molar-refractivity contribution is 5.29. The molecule has 3 heteroatoms. The number of para-hydroxylation sites is 1. The van der Waals surface area contributed by atoms with Crippen LogP contribution in [0.2, 0.25) is 0 Å². The van der Waals surface area contributed by atoms with Crippen LogP contribution in [0.15, 0.2) is 49.6 Å². The summed E-state index contributed by atoms with van der Waals surface area (Å²) in [6.07, 6.45) is 3.42. The van der Waals surface area contributed by atoms with E-state index >= 15 is 0 Å². The van der Waals surface area contributed by atoms with Crippen LogP contribution in [-0.2, 0) is 9.53 Å². The first-order valence-corrected chi connectivity index (χ1v) is 5.05. The van der Waals surface area contributed by atoms with Crippen LogP contribution in [0.5, 0.6) is 5.75 Å². The third kappa shape index (κ3) is 12.1. The number of benzene rings is 1. The molecule has 17 heavy (non-hydrogen) atoms. The van der Waals surface area contributed by atoms with Crippen LogP contribution >= 0.6 is 0 Å². The number of phenols is 1. The van der Waals surface area contributed by atoms with Gasteiger partial charge in [0.15, 0.2) is 0 Å². The number of carbonyl (C=O) groups excluding carboxylic acids is 1. The Labute approximate surface area is 103 Å². The second kappa shape index (κ2) is 14.1. The second-order valence-electron chi connectivity index (χ2n) is 2.90. The minimum absolute atomic E-state index is 0.368. The van der Waals surface area contributed by atoms with Crippen molar-refractivity contribution in [1.82, 2.24) is 0 Å². The number of rotatable bonds is 4. The van der Waals surface area contributed by atoms with Gasteiger partial charge >= 0.3 is 0 Å². The molecule has 0 amide bonds. The molecule has 1 aromatic rings. The van der Waals surface area contributed by atoms with Crippen LogP contribution in [0.3, 0.4) is 0 Å². The van der Waals surface area contributed by atoms with Gasteiger partial charge in [-0.1, -0.05) is 30.4 Å². The molecule has 0 aromatic heterocycles. The van der Waals surface area contributed by atoms with Gasteiger partial charge < -0.3 is 14.6 Å². The average molecular weight is 236 g/mol. The molecule has 1 N–H and O–H groups in total. The molecule has 0 spiro atoms. The first-order valence-electron chi connectivity index (χ1n) is 5.05. The summed E-state index contributed by atoms with van der Waals surface area (Å²) in [5.74, 6) is 0.368. The molecule has 1 rings (SSSR count). The molecule has 0 fully saturated rings. The Kier molecular flexibility index (Phi) is 14.6. The maximum absolute atomic E-state index is 8.92. The molecule has 3 nitrogen and oxygen atoms in total. The zero-order valence-electron chi connectivity index (χ0n) is 10.3. The first-order chi connectivity index (χ1) is 8.22. The maximum Gasteiger partial charge on any atom is 0.118 e. The molecule has 0 radical (unpaired) electrons. The Balaban J connectivity index is 0. The van der Waals surface area contributed by atoms with Crippen molar-refractivity contribution in [2.45, 2.75) is 6.92 Å². The topological polar surface area (TPSA) is 46.5 Å². The van der Waals surface area contributed by atoms with Crippen LogP contribution in [0.25, 0.3) is 0 Å². The summed E-state index contributed by atoms with van der Waals surface area (Å²) in [4.78, 5) is 8.00. The normalized spacial score (nSPS) is 7.82. The molecule has 0 bridgehead atoms. The molecule has 1 aromatic carbocycles. The lowest BCUT2D eigenvalue weighted by Crippen LogP contribution is -1.87. The van der Waals surface area contributed by atoms with Crippen LogP contribution in [0.4, 0.5) is 0 Å². The van der Waals surface area contributed by atoms with Crippen molar-refractivity contribution in [2.75, 3.05) is 13.2 Å². The number of hydrogen-bond acceptors (Lipinski definition) is 3. The van der Waals surface area contributed by atoms with Crippen molar-refractivity contribution < 1.29 is 14.6 Å². The monoisotopic (exact) mass is 236 g/mol. The quantitative estimate of drug-likeness (QED) is 0.646. The number of hydrogen-bond donors (Lipinski definition) is 1. The van der Waals surface area contributed by atoms with Gasteiger partial charge in [-0.25, -0.2) is 0 Å². The van der Waals surface area contributed by atoms with Crippen molar-refractivity contribution in [3.05, 3.63) is 55.1 Å². The molecular weight excluding hydrogens is 216 g/mol. The number of phenolic OH excluding ortho intramolecular Hbond substituents is 1. The van der Waals surface area contributed by atoms with E-state index in [1.54, 1.807) is 18.2 Å². The van der Waals surface area contributed by atoms with Gasteiger partial charge in [0.1, 0.15) is 12.5 Å². The summed E-state index contributed by atoms with van der Waals surface area (Å²) in [6, 6.07) is 7.25. The van der Waals surface area contributed by atoms with Crippen molar-refractivity contribution in [2.24, 2.45) is 0 Å². The fourth-order valence-electron chi connectivity index (χ4n) is 0.798. The van der Waals surface area contributed by atoms with Gasteiger partial charge in [0, 0.05) is 0 Å². The highest BCUT2D eigenvalue weighted by Gasteiger charge is 1.86. The third-order valence-electron chi connectivity index (χ3n) is 1.59. The number of aromatic hydroxyl groups is 1. The van der Waals surface area contributed by atoms with E-state index in [1.807, 2.05) is 31.9 Å². The van der Waals surface area contributed by atoms with Gasteiger partial charge in [-0.2, -0.15) is 0 Å². The van der Waals surface area contributed by atoms with Crippen molar-refractivity contribution in [3.8, 4) is 5.75 Å². The summed E-state index contributed by atoms with van der Waals surface area (Å²) in [5, 5.41) is 8.92. The van der Waals surface area contributed by atoms with Crippen LogP contribution < -0.4 is 0 Å². The minimum atomic E-state index is 0.368. The SMILES string of the molecule is C=CCOCC=C.C=O.Cc1ccccc1O. The smallest absolute Gasteiger partial charge is 0.118 e. The van der Waals surface area contributed by atoms with Gasteiger partial charge in [-0.3, -0.25) is 0 Å². The summed E-state index contributed by atoms with van der Waals surface area (Å²) >= 11 is 0. The van der Waals surface area contributed by atoms with Gasteiger partial charge in [0.25, 0.3) is 0 Å². The minimum Gasteiger partial charge on any atom is -0.508 e.